The Labute approximate surface area is 199 Å². The van der Waals surface area contributed by atoms with Crippen LogP contribution < -0.4 is 5.01 Å². The SMILES string of the molecule is O=C(/C=C/c1ccc([N+](=O)[O-])cc1)N(/N=C/c1ccc(Br)cc1)c1nc2ccc(F)cc2s1. The van der Waals surface area contributed by atoms with E-state index >= 15 is 0 Å². The Kier molecular flexibility index (Phi) is 6.66. The van der Waals surface area contributed by atoms with Crippen LogP contribution in [0.1, 0.15) is 11.1 Å². The highest BCUT2D eigenvalue weighted by atomic mass is 79.9. The van der Waals surface area contributed by atoms with Gasteiger partial charge in [0.25, 0.3) is 11.6 Å². The van der Waals surface area contributed by atoms with Crippen LogP contribution in [-0.2, 0) is 4.79 Å². The maximum Gasteiger partial charge on any atom is 0.273 e. The minimum atomic E-state index is -0.493. The highest BCUT2D eigenvalue weighted by Crippen LogP contribution is 2.30. The molecule has 0 atom stereocenters. The van der Waals surface area contributed by atoms with E-state index in [2.05, 4.69) is 26.0 Å². The van der Waals surface area contributed by atoms with E-state index in [-0.39, 0.29) is 10.8 Å². The predicted octanol–water partition coefficient (Wildman–Crippen LogP) is 6.19. The number of hydrazone groups is 1. The number of aromatic nitrogens is 1. The summed E-state index contributed by atoms with van der Waals surface area (Å²) in [6, 6.07) is 17.3. The van der Waals surface area contributed by atoms with Gasteiger partial charge < -0.3 is 0 Å². The molecule has 1 heterocycles. The van der Waals surface area contributed by atoms with E-state index in [9.17, 15) is 19.3 Å². The molecule has 10 heteroatoms. The first kappa shape index (κ1) is 22.4. The summed E-state index contributed by atoms with van der Waals surface area (Å²) >= 11 is 4.51. The molecule has 4 rings (SSSR count). The summed E-state index contributed by atoms with van der Waals surface area (Å²) in [5, 5.41) is 16.5. The third-order valence-corrected chi connectivity index (χ3v) is 5.97. The molecule has 0 radical (unpaired) electrons. The minimum absolute atomic E-state index is 0.0408. The molecule has 4 aromatic rings. The van der Waals surface area contributed by atoms with Gasteiger partial charge in [-0.05, 0) is 59.7 Å². The van der Waals surface area contributed by atoms with E-state index in [1.54, 1.807) is 6.07 Å². The number of anilines is 1. The first-order valence-electron chi connectivity index (χ1n) is 9.51. The summed E-state index contributed by atoms with van der Waals surface area (Å²) in [5.41, 5.74) is 1.88. The van der Waals surface area contributed by atoms with Gasteiger partial charge in [0, 0.05) is 22.7 Å². The fraction of sp³-hybridized carbons (Fsp3) is 0. The van der Waals surface area contributed by atoms with E-state index in [1.165, 1.54) is 54.8 Å². The van der Waals surface area contributed by atoms with Gasteiger partial charge in [0.05, 0.1) is 21.4 Å². The zero-order valence-electron chi connectivity index (χ0n) is 16.8. The van der Waals surface area contributed by atoms with E-state index in [1.807, 2.05) is 24.3 Å². The van der Waals surface area contributed by atoms with Crippen molar-refractivity contribution < 1.29 is 14.1 Å². The van der Waals surface area contributed by atoms with Crippen LogP contribution in [-0.4, -0.2) is 22.0 Å². The molecule has 0 fully saturated rings. The van der Waals surface area contributed by atoms with Crippen molar-refractivity contribution in [2.24, 2.45) is 5.10 Å². The Bertz CT molecular complexity index is 1390. The van der Waals surface area contributed by atoms with Crippen LogP contribution in [0.4, 0.5) is 15.2 Å². The average molecular weight is 525 g/mol. The summed E-state index contributed by atoms with van der Waals surface area (Å²) in [6.07, 6.45) is 4.35. The lowest BCUT2D eigenvalue weighted by atomic mass is 10.2. The Morgan fingerprint density at radius 1 is 1.09 bits per heavy atom. The molecule has 0 aliphatic rings. The Morgan fingerprint density at radius 2 is 1.79 bits per heavy atom. The molecule has 0 spiro atoms. The highest BCUT2D eigenvalue weighted by molar-refractivity contribution is 9.10. The molecule has 0 saturated carbocycles. The van der Waals surface area contributed by atoms with Crippen molar-refractivity contribution in [2.75, 3.05) is 5.01 Å². The maximum atomic E-state index is 13.6. The second-order valence-corrected chi connectivity index (χ2v) is 8.66. The summed E-state index contributed by atoms with van der Waals surface area (Å²) in [7, 11) is 0. The molecule has 0 unspecified atom stereocenters. The number of nitrogens with zero attached hydrogens (tertiary/aromatic N) is 4. The van der Waals surface area contributed by atoms with Crippen molar-refractivity contribution in [3.8, 4) is 0 Å². The Morgan fingerprint density at radius 3 is 2.48 bits per heavy atom. The number of hydrogen-bond acceptors (Lipinski definition) is 6. The van der Waals surface area contributed by atoms with Crippen molar-refractivity contribution in [1.82, 2.24) is 4.98 Å². The maximum absolute atomic E-state index is 13.6. The van der Waals surface area contributed by atoms with Crippen molar-refractivity contribution in [3.63, 3.8) is 0 Å². The number of carbonyl (C=O) groups is 1. The van der Waals surface area contributed by atoms with E-state index in [0.29, 0.717) is 15.8 Å². The van der Waals surface area contributed by atoms with Crippen LogP contribution >= 0.6 is 27.3 Å². The zero-order chi connectivity index (χ0) is 23.4. The standard InChI is InChI=1S/C23H14BrFN4O3S/c24-17-6-1-16(2-7-17)14-26-28(23-27-20-11-8-18(25)13-21(20)33-23)22(30)12-5-15-3-9-19(10-4-15)29(31)32/h1-14H/b12-5+,26-14+. The minimum Gasteiger partial charge on any atom is -0.267 e. The van der Waals surface area contributed by atoms with Crippen molar-refractivity contribution in [2.45, 2.75) is 0 Å². The van der Waals surface area contributed by atoms with Gasteiger partial charge in [-0.15, -0.1) is 0 Å². The van der Waals surface area contributed by atoms with Gasteiger partial charge in [0.1, 0.15) is 5.82 Å². The lowest BCUT2D eigenvalue weighted by Gasteiger charge is -2.11. The number of rotatable bonds is 6. The summed E-state index contributed by atoms with van der Waals surface area (Å²) in [4.78, 5) is 27.7. The summed E-state index contributed by atoms with van der Waals surface area (Å²) in [6.45, 7) is 0. The largest absolute Gasteiger partial charge is 0.273 e. The molecule has 0 aliphatic carbocycles. The second kappa shape index (κ2) is 9.80. The van der Waals surface area contributed by atoms with Crippen LogP contribution in [0.15, 0.2) is 82.4 Å². The molecule has 3 aromatic carbocycles. The lowest BCUT2D eigenvalue weighted by molar-refractivity contribution is -0.384. The third-order valence-electron chi connectivity index (χ3n) is 4.44. The van der Waals surface area contributed by atoms with E-state index in [4.69, 9.17) is 0 Å². The average Bonchev–Trinajstić information content (AvgIpc) is 3.22. The molecule has 1 amide bonds. The van der Waals surface area contributed by atoms with Crippen LogP contribution in [0.3, 0.4) is 0 Å². The second-order valence-electron chi connectivity index (χ2n) is 6.74. The number of benzene rings is 3. The fourth-order valence-electron chi connectivity index (χ4n) is 2.80. The van der Waals surface area contributed by atoms with E-state index in [0.717, 1.165) is 26.4 Å². The molecular weight excluding hydrogens is 511 g/mol. The molecule has 0 N–H and O–H groups in total. The van der Waals surface area contributed by atoms with Gasteiger partial charge in [-0.3, -0.25) is 14.9 Å². The van der Waals surface area contributed by atoms with Gasteiger partial charge in [-0.1, -0.05) is 39.4 Å². The Balaban J connectivity index is 1.65. The number of fused-ring (bicyclic) bond motifs is 1. The molecule has 0 saturated heterocycles. The molecule has 33 heavy (non-hydrogen) atoms. The van der Waals surface area contributed by atoms with Crippen LogP contribution in [0.2, 0.25) is 0 Å². The predicted molar refractivity (Wildman–Crippen MR) is 131 cm³/mol. The summed E-state index contributed by atoms with van der Waals surface area (Å²) < 4.78 is 15.1. The number of nitro groups is 1. The molecule has 1 aromatic heterocycles. The number of thiazole rings is 1. The van der Waals surface area contributed by atoms with Gasteiger partial charge in [0.15, 0.2) is 0 Å². The lowest BCUT2D eigenvalue weighted by Crippen LogP contribution is -2.23. The number of amides is 1. The Hall–Kier alpha value is -3.76. The van der Waals surface area contributed by atoms with Crippen LogP contribution in [0, 0.1) is 15.9 Å². The molecular formula is C23H14BrFN4O3S. The van der Waals surface area contributed by atoms with Crippen molar-refractivity contribution in [3.05, 3.63) is 104 Å². The van der Waals surface area contributed by atoms with Gasteiger partial charge in [-0.25, -0.2) is 9.37 Å². The molecule has 0 bridgehead atoms. The van der Waals surface area contributed by atoms with Crippen molar-refractivity contribution >= 4 is 66.5 Å². The first-order chi connectivity index (χ1) is 15.9. The molecule has 7 nitrogen and oxygen atoms in total. The zero-order valence-corrected chi connectivity index (χ0v) is 19.2. The van der Waals surface area contributed by atoms with Gasteiger partial charge >= 0.3 is 0 Å². The first-order valence-corrected chi connectivity index (χ1v) is 11.1. The van der Waals surface area contributed by atoms with Gasteiger partial charge in [-0.2, -0.15) is 10.1 Å². The number of hydrogen-bond donors (Lipinski definition) is 0. The quantitative estimate of drug-likeness (QED) is 0.130. The smallest absolute Gasteiger partial charge is 0.267 e. The monoisotopic (exact) mass is 524 g/mol. The van der Waals surface area contributed by atoms with Crippen molar-refractivity contribution in [1.29, 1.82) is 0 Å². The highest BCUT2D eigenvalue weighted by Gasteiger charge is 2.17. The van der Waals surface area contributed by atoms with Gasteiger partial charge in [0.2, 0.25) is 5.13 Å². The summed E-state index contributed by atoms with van der Waals surface area (Å²) in [5.74, 6) is -0.881. The van der Waals surface area contributed by atoms with Crippen LogP contribution in [0.25, 0.3) is 16.3 Å². The normalized spacial score (nSPS) is 11.5. The third kappa shape index (κ3) is 5.54. The topological polar surface area (TPSA) is 88.7 Å². The van der Waals surface area contributed by atoms with E-state index < -0.39 is 16.6 Å². The fourth-order valence-corrected chi connectivity index (χ4v) is 4.01. The van der Waals surface area contributed by atoms with Crippen LogP contribution in [0.5, 0.6) is 0 Å². The molecule has 0 aliphatic heterocycles. The number of non-ortho nitro benzene ring substituents is 1. The number of halogens is 2. The number of carbonyl (C=O) groups excluding carboxylic acids is 1. The molecule has 164 valence electrons. The number of nitro benzene ring substituents is 1.